The Morgan fingerprint density at radius 1 is 1.32 bits per heavy atom. The van der Waals surface area contributed by atoms with Crippen molar-refractivity contribution in [3.05, 3.63) is 35.4 Å². The summed E-state index contributed by atoms with van der Waals surface area (Å²) < 4.78 is 0. The highest BCUT2D eigenvalue weighted by Gasteiger charge is 2.24. The standard InChI is InChI=1S/C15H18N2O2/c16-9-12-5-7-13(8-6-12)10-17(11-15(18)19)14-3-1-2-4-14/h5-8,14H,1-4,10-11H2,(H,18,19). The van der Waals surface area contributed by atoms with E-state index in [1.54, 1.807) is 12.1 Å². The molecule has 0 saturated heterocycles. The van der Waals surface area contributed by atoms with Crippen molar-refractivity contribution >= 4 is 5.97 Å². The van der Waals surface area contributed by atoms with Crippen molar-refractivity contribution in [2.45, 2.75) is 38.3 Å². The van der Waals surface area contributed by atoms with Crippen LogP contribution in [0.4, 0.5) is 0 Å². The fraction of sp³-hybridized carbons (Fsp3) is 0.467. The zero-order chi connectivity index (χ0) is 13.7. The summed E-state index contributed by atoms with van der Waals surface area (Å²) in [4.78, 5) is 13.0. The summed E-state index contributed by atoms with van der Waals surface area (Å²) in [6, 6.07) is 9.84. The Bertz CT molecular complexity index is 470. The van der Waals surface area contributed by atoms with Crippen molar-refractivity contribution in [1.82, 2.24) is 4.90 Å². The normalized spacial score (nSPS) is 15.6. The molecule has 1 aromatic carbocycles. The molecule has 0 amide bonds. The Labute approximate surface area is 113 Å². The van der Waals surface area contributed by atoms with Crippen LogP contribution >= 0.6 is 0 Å². The average molecular weight is 258 g/mol. The third kappa shape index (κ3) is 3.80. The van der Waals surface area contributed by atoms with Gasteiger partial charge in [-0.1, -0.05) is 25.0 Å². The summed E-state index contributed by atoms with van der Waals surface area (Å²) in [6.07, 6.45) is 4.55. The van der Waals surface area contributed by atoms with Gasteiger partial charge < -0.3 is 5.11 Å². The second-order valence-corrected chi connectivity index (χ2v) is 5.05. The van der Waals surface area contributed by atoms with Gasteiger partial charge in [0.25, 0.3) is 0 Å². The minimum atomic E-state index is -0.777. The summed E-state index contributed by atoms with van der Waals surface area (Å²) in [6.45, 7) is 0.730. The van der Waals surface area contributed by atoms with E-state index in [1.807, 2.05) is 17.0 Å². The maximum absolute atomic E-state index is 11.0. The van der Waals surface area contributed by atoms with Gasteiger partial charge in [0, 0.05) is 12.6 Å². The van der Waals surface area contributed by atoms with Gasteiger partial charge in [-0.15, -0.1) is 0 Å². The number of carboxylic acids is 1. The van der Waals surface area contributed by atoms with E-state index in [1.165, 1.54) is 12.8 Å². The molecule has 1 fully saturated rings. The molecule has 4 nitrogen and oxygen atoms in total. The first-order valence-corrected chi connectivity index (χ1v) is 6.64. The van der Waals surface area contributed by atoms with Gasteiger partial charge in [0.05, 0.1) is 18.2 Å². The lowest BCUT2D eigenvalue weighted by Gasteiger charge is -2.27. The molecular weight excluding hydrogens is 240 g/mol. The van der Waals surface area contributed by atoms with Gasteiger partial charge in [0.15, 0.2) is 0 Å². The summed E-state index contributed by atoms with van der Waals surface area (Å²) in [5.74, 6) is -0.777. The number of rotatable bonds is 5. The van der Waals surface area contributed by atoms with Gasteiger partial charge in [-0.3, -0.25) is 9.69 Å². The molecule has 0 radical (unpaired) electrons. The van der Waals surface area contributed by atoms with E-state index < -0.39 is 5.97 Å². The number of aliphatic carboxylic acids is 1. The number of nitrogens with zero attached hydrogens (tertiary/aromatic N) is 2. The SMILES string of the molecule is N#Cc1ccc(CN(CC(=O)O)C2CCCC2)cc1. The third-order valence-corrected chi connectivity index (χ3v) is 3.65. The maximum atomic E-state index is 11.0. The molecule has 2 rings (SSSR count). The molecule has 1 N–H and O–H groups in total. The van der Waals surface area contributed by atoms with Gasteiger partial charge in [-0.25, -0.2) is 0 Å². The number of carboxylic acid groups (broad SMARTS) is 1. The fourth-order valence-electron chi connectivity index (χ4n) is 2.68. The molecule has 0 heterocycles. The van der Waals surface area contributed by atoms with Crippen molar-refractivity contribution < 1.29 is 9.90 Å². The van der Waals surface area contributed by atoms with Crippen LogP contribution in [0.25, 0.3) is 0 Å². The minimum Gasteiger partial charge on any atom is -0.480 e. The van der Waals surface area contributed by atoms with Crippen molar-refractivity contribution in [3.63, 3.8) is 0 Å². The van der Waals surface area contributed by atoms with Crippen molar-refractivity contribution in [1.29, 1.82) is 5.26 Å². The molecule has 1 aliphatic carbocycles. The van der Waals surface area contributed by atoms with E-state index in [9.17, 15) is 4.79 Å². The highest BCUT2D eigenvalue weighted by molar-refractivity contribution is 5.69. The molecule has 0 unspecified atom stereocenters. The molecule has 19 heavy (non-hydrogen) atoms. The first-order valence-electron chi connectivity index (χ1n) is 6.64. The molecule has 100 valence electrons. The monoisotopic (exact) mass is 258 g/mol. The highest BCUT2D eigenvalue weighted by atomic mass is 16.4. The van der Waals surface area contributed by atoms with Crippen molar-refractivity contribution in [2.75, 3.05) is 6.54 Å². The largest absolute Gasteiger partial charge is 0.480 e. The molecule has 1 aromatic rings. The zero-order valence-corrected chi connectivity index (χ0v) is 10.9. The molecule has 4 heteroatoms. The molecule has 0 atom stereocenters. The van der Waals surface area contributed by atoms with E-state index in [2.05, 4.69) is 6.07 Å². The van der Waals surface area contributed by atoms with Gasteiger partial charge in [-0.05, 0) is 30.5 Å². The lowest BCUT2D eigenvalue weighted by molar-refractivity contribution is -0.139. The van der Waals surface area contributed by atoms with E-state index in [-0.39, 0.29) is 6.54 Å². The Morgan fingerprint density at radius 2 is 1.95 bits per heavy atom. The fourth-order valence-corrected chi connectivity index (χ4v) is 2.68. The van der Waals surface area contributed by atoms with Crippen molar-refractivity contribution in [3.8, 4) is 6.07 Å². The van der Waals surface area contributed by atoms with Gasteiger partial charge in [0.2, 0.25) is 0 Å². The van der Waals surface area contributed by atoms with E-state index in [0.29, 0.717) is 18.2 Å². The van der Waals surface area contributed by atoms with Crippen LogP contribution in [0.15, 0.2) is 24.3 Å². The number of nitriles is 1. The zero-order valence-electron chi connectivity index (χ0n) is 10.9. The number of carbonyl (C=O) groups is 1. The Morgan fingerprint density at radius 3 is 2.47 bits per heavy atom. The molecular formula is C15H18N2O2. The Balaban J connectivity index is 2.05. The van der Waals surface area contributed by atoms with Gasteiger partial charge in [-0.2, -0.15) is 5.26 Å². The molecule has 1 aliphatic rings. The van der Waals surface area contributed by atoms with Gasteiger partial charge in [0.1, 0.15) is 0 Å². The molecule has 0 bridgehead atoms. The summed E-state index contributed by atoms with van der Waals surface area (Å²) in [7, 11) is 0. The van der Waals surface area contributed by atoms with Crippen LogP contribution in [0.2, 0.25) is 0 Å². The predicted molar refractivity (Wildman–Crippen MR) is 71.5 cm³/mol. The Kier molecular flexibility index (Phi) is 4.53. The van der Waals surface area contributed by atoms with Crippen LogP contribution in [0.3, 0.4) is 0 Å². The number of hydrogen-bond donors (Lipinski definition) is 1. The smallest absolute Gasteiger partial charge is 0.317 e. The van der Waals surface area contributed by atoms with Crippen LogP contribution in [-0.2, 0) is 11.3 Å². The summed E-state index contributed by atoms with van der Waals surface area (Å²) >= 11 is 0. The maximum Gasteiger partial charge on any atom is 0.317 e. The number of benzene rings is 1. The summed E-state index contributed by atoms with van der Waals surface area (Å²) in [5.41, 5.74) is 1.70. The Hall–Kier alpha value is -1.86. The quantitative estimate of drug-likeness (QED) is 0.880. The van der Waals surface area contributed by atoms with Crippen LogP contribution in [0, 0.1) is 11.3 Å². The predicted octanol–water partition coefficient (Wildman–Crippen LogP) is 2.39. The molecule has 0 spiro atoms. The van der Waals surface area contributed by atoms with Gasteiger partial charge >= 0.3 is 5.97 Å². The first-order chi connectivity index (χ1) is 9.19. The second kappa shape index (κ2) is 6.35. The van der Waals surface area contributed by atoms with Crippen LogP contribution in [0.1, 0.15) is 36.8 Å². The molecule has 0 aromatic heterocycles. The van der Waals surface area contributed by atoms with E-state index in [0.717, 1.165) is 18.4 Å². The van der Waals surface area contributed by atoms with E-state index >= 15 is 0 Å². The third-order valence-electron chi connectivity index (χ3n) is 3.65. The first kappa shape index (κ1) is 13.6. The number of hydrogen-bond acceptors (Lipinski definition) is 3. The lowest BCUT2D eigenvalue weighted by Crippen LogP contribution is -2.37. The molecule has 0 aliphatic heterocycles. The van der Waals surface area contributed by atoms with Crippen LogP contribution in [0.5, 0.6) is 0 Å². The highest BCUT2D eigenvalue weighted by Crippen LogP contribution is 2.24. The topological polar surface area (TPSA) is 64.3 Å². The van der Waals surface area contributed by atoms with E-state index in [4.69, 9.17) is 10.4 Å². The summed E-state index contributed by atoms with van der Waals surface area (Å²) in [5, 5.41) is 17.8. The average Bonchev–Trinajstić information content (AvgIpc) is 2.92. The van der Waals surface area contributed by atoms with Crippen LogP contribution < -0.4 is 0 Å². The van der Waals surface area contributed by atoms with Crippen LogP contribution in [-0.4, -0.2) is 28.6 Å². The minimum absolute atomic E-state index is 0.0880. The second-order valence-electron chi connectivity index (χ2n) is 5.05. The van der Waals surface area contributed by atoms with Crippen molar-refractivity contribution in [2.24, 2.45) is 0 Å². The lowest BCUT2D eigenvalue weighted by atomic mass is 10.1. The molecule has 1 saturated carbocycles.